The van der Waals surface area contributed by atoms with Gasteiger partial charge >= 0.3 is 5.97 Å². The molecule has 4 nitrogen and oxygen atoms in total. The number of pyridine rings is 1. The zero-order valence-corrected chi connectivity index (χ0v) is 9.40. The number of fused-ring (bicyclic) bond motifs is 2. The summed E-state index contributed by atoms with van der Waals surface area (Å²) in [5, 5.41) is 9.57. The van der Waals surface area contributed by atoms with Crippen LogP contribution in [0.1, 0.15) is 10.4 Å². The summed E-state index contributed by atoms with van der Waals surface area (Å²) in [5.74, 6) is 0.218. The Morgan fingerprint density at radius 1 is 1.29 bits per heavy atom. The topological polar surface area (TPSA) is 59.4 Å². The predicted molar refractivity (Wildman–Crippen MR) is 61.8 cm³/mol. The fraction of sp³-hybridized carbons (Fsp3) is 0. The average molecular weight is 245 g/mol. The molecule has 0 atom stereocenters. The van der Waals surface area contributed by atoms with Gasteiger partial charge in [-0.15, -0.1) is 0 Å². The Hall–Kier alpha value is -2.01. The fourth-order valence-electron chi connectivity index (χ4n) is 1.54. The molecule has 3 rings (SSSR count). The summed E-state index contributed by atoms with van der Waals surface area (Å²) in [5.41, 5.74) is 0.128. The van der Waals surface area contributed by atoms with Crippen LogP contribution in [-0.2, 0) is 0 Å². The monoisotopic (exact) mass is 245 g/mol. The molecule has 2 heterocycles. The van der Waals surface area contributed by atoms with E-state index in [0.29, 0.717) is 10.8 Å². The number of carbonyl (C=O) groups is 1. The molecule has 0 radical (unpaired) electrons. The smallest absolute Gasteiger partial charge is 0.337 e. The number of aromatic carboxylic acids is 1. The van der Waals surface area contributed by atoms with Crippen LogP contribution in [0, 0.1) is 0 Å². The molecule has 0 fully saturated rings. The highest BCUT2D eigenvalue weighted by Crippen LogP contribution is 2.45. The van der Waals surface area contributed by atoms with Gasteiger partial charge in [-0.25, -0.2) is 9.78 Å². The molecule has 0 bridgehead atoms. The van der Waals surface area contributed by atoms with Gasteiger partial charge < -0.3 is 9.84 Å². The lowest BCUT2D eigenvalue weighted by Crippen LogP contribution is -2.02. The van der Waals surface area contributed by atoms with Gasteiger partial charge in [0.1, 0.15) is 10.8 Å². The quantitative estimate of drug-likeness (QED) is 0.714. The van der Waals surface area contributed by atoms with Gasteiger partial charge in [0.2, 0.25) is 0 Å². The normalized spacial score (nSPS) is 12.2. The second-order valence-electron chi connectivity index (χ2n) is 3.48. The van der Waals surface area contributed by atoms with E-state index in [9.17, 15) is 4.79 Å². The lowest BCUT2D eigenvalue weighted by molar-refractivity contribution is 0.0696. The molecule has 17 heavy (non-hydrogen) atoms. The summed E-state index contributed by atoms with van der Waals surface area (Å²) in [6.45, 7) is 0. The summed E-state index contributed by atoms with van der Waals surface area (Å²) < 4.78 is 5.62. The number of nitrogens with zero attached hydrogens (tertiary/aromatic N) is 1. The SMILES string of the molecule is O=C(O)c1cnc2c(c1)Oc1ccccc1S2. The second kappa shape index (κ2) is 3.78. The van der Waals surface area contributed by atoms with Gasteiger partial charge in [-0.2, -0.15) is 0 Å². The number of ether oxygens (including phenoxy) is 1. The Kier molecular flexibility index (Phi) is 2.26. The average Bonchev–Trinajstić information content (AvgIpc) is 2.35. The van der Waals surface area contributed by atoms with Crippen molar-refractivity contribution in [3.8, 4) is 11.5 Å². The second-order valence-corrected chi connectivity index (χ2v) is 4.51. The van der Waals surface area contributed by atoms with Crippen LogP contribution in [0.3, 0.4) is 0 Å². The predicted octanol–water partition coefficient (Wildman–Crippen LogP) is 3.04. The summed E-state index contributed by atoms with van der Waals surface area (Å²) in [6.07, 6.45) is 1.34. The largest absolute Gasteiger partial charge is 0.478 e. The maximum atomic E-state index is 10.8. The molecule has 1 aliphatic rings. The molecular weight excluding hydrogens is 238 g/mol. The highest BCUT2D eigenvalue weighted by molar-refractivity contribution is 7.99. The molecule has 0 amide bonds. The Balaban J connectivity index is 2.06. The van der Waals surface area contributed by atoms with E-state index in [2.05, 4.69) is 4.98 Å². The third kappa shape index (κ3) is 1.74. The number of rotatable bonds is 1. The van der Waals surface area contributed by atoms with Gasteiger partial charge in [0, 0.05) is 6.20 Å². The lowest BCUT2D eigenvalue weighted by atomic mass is 10.3. The lowest BCUT2D eigenvalue weighted by Gasteiger charge is -2.18. The Labute approximate surface area is 101 Å². The third-order valence-corrected chi connectivity index (χ3v) is 3.40. The summed E-state index contributed by atoms with van der Waals surface area (Å²) in [4.78, 5) is 15.9. The summed E-state index contributed by atoms with van der Waals surface area (Å²) in [7, 11) is 0. The molecule has 1 aromatic heterocycles. The van der Waals surface area contributed by atoms with E-state index in [1.807, 2.05) is 24.3 Å². The molecule has 2 aromatic rings. The Morgan fingerprint density at radius 3 is 2.94 bits per heavy atom. The van der Waals surface area contributed by atoms with E-state index in [0.717, 1.165) is 10.6 Å². The number of aromatic nitrogens is 1. The first-order valence-corrected chi connectivity index (χ1v) is 5.74. The number of carboxylic acids is 1. The minimum Gasteiger partial charge on any atom is -0.478 e. The number of benzene rings is 1. The molecule has 0 saturated carbocycles. The van der Waals surface area contributed by atoms with Gasteiger partial charge in [0.05, 0.1) is 10.5 Å². The van der Waals surface area contributed by atoms with Crippen LogP contribution >= 0.6 is 11.8 Å². The van der Waals surface area contributed by atoms with Gasteiger partial charge in [-0.05, 0) is 18.2 Å². The highest BCUT2D eigenvalue weighted by Gasteiger charge is 2.20. The van der Waals surface area contributed by atoms with Crippen LogP contribution < -0.4 is 4.74 Å². The van der Waals surface area contributed by atoms with Gasteiger partial charge in [-0.3, -0.25) is 0 Å². The van der Waals surface area contributed by atoms with Crippen LogP contribution in [0.15, 0.2) is 46.5 Å². The van der Waals surface area contributed by atoms with E-state index in [-0.39, 0.29) is 5.56 Å². The van der Waals surface area contributed by atoms with Crippen molar-refractivity contribution in [1.82, 2.24) is 4.98 Å². The molecule has 0 saturated heterocycles. The number of hydrogen-bond acceptors (Lipinski definition) is 4. The van der Waals surface area contributed by atoms with Gasteiger partial charge in [0.25, 0.3) is 0 Å². The van der Waals surface area contributed by atoms with Crippen LogP contribution in [0.2, 0.25) is 0 Å². The van der Waals surface area contributed by atoms with Crippen molar-refractivity contribution in [3.05, 3.63) is 42.1 Å². The Bertz CT molecular complexity index is 612. The van der Waals surface area contributed by atoms with Crippen molar-refractivity contribution < 1.29 is 14.6 Å². The van der Waals surface area contributed by atoms with E-state index < -0.39 is 5.97 Å². The maximum absolute atomic E-state index is 10.8. The van der Waals surface area contributed by atoms with Crippen molar-refractivity contribution >= 4 is 17.7 Å². The molecule has 1 aromatic carbocycles. The Morgan fingerprint density at radius 2 is 2.12 bits per heavy atom. The molecule has 1 aliphatic heterocycles. The molecule has 0 spiro atoms. The fourth-order valence-corrected chi connectivity index (χ4v) is 2.41. The van der Waals surface area contributed by atoms with Crippen LogP contribution in [0.5, 0.6) is 11.5 Å². The number of para-hydroxylation sites is 1. The molecule has 84 valence electrons. The van der Waals surface area contributed by atoms with E-state index in [4.69, 9.17) is 9.84 Å². The van der Waals surface area contributed by atoms with E-state index in [1.165, 1.54) is 24.0 Å². The van der Waals surface area contributed by atoms with Crippen molar-refractivity contribution in [2.24, 2.45) is 0 Å². The van der Waals surface area contributed by atoms with Gasteiger partial charge in [0.15, 0.2) is 5.75 Å². The molecular formula is C12H7NO3S. The third-order valence-electron chi connectivity index (χ3n) is 2.34. The standard InChI is InChI=1S/C12H7NO3S/c14-12(15)7-5-9-11(13-6-7)17-10-4-2-1-3-8(10)16-9/h1-6H,(H,14,15). The first kappa shape index (κ1) is 10.2. The summed E-state index contributed by atoms with van der Waals surface area (Å²) >= 11 is 1.47. The number of carboxylic acid groups (broad SMARTS) is 1. The van der Waals surface area contributed by atoms with E-state index in [1.54, 1.807) is 0 Å². The highest BCUT2D eigenvalue weighted by atomic mass is 32.2. The summed E-state index contributed by atoms with van der Waals surface area (Å²) in [6, 6.07) is 9.08. The first-order chi connectivity index (χ1) is 8.24. The van der Waals surface area contributed by atoms with Crippen molar-refractivity contribution in [2.75, 3.05) is 0 Å². The van der Waals surface area contributed by atoms with Gasteiger partial charge in [-0.1, -0.05) is 23.9 Å². The molecule has 0 aliphatic carbocycles. The van der Waals surface area contributed by atoms with Crippen molar-refractivity contribution in [3.63, 3.8) is 0 Å². The van der Waals surface area contributed by atoms with E-state index >= 15 is 0 Å². The molecule has 1 N–H and O–H groups in total. The van der Waals surface area contributed by atoms with Crippen molar-refractivity contribution in [1.29, 1.82) is 0 Å². The van der Waals surface area contributed by atoms with Crippen LogP contribution in [0.25, 0.3) is 0 Å². The van der Waals surface area contributed by atoms with Crippen LogP contribution in [0.4, 0.5) is 0 Å². The molecule has 0 unspecified atom stereocenters. The molecule has 5 heteroatoms. The minimum absolute atomic E-state index is 0.128. The maximum Gasteiger partial charge on any atom is 0.337 e. The zero-order chi connectivity index (χ0) is 11.8. The minimum atomic E-state index is -1.01. The van der Waals surface area contributed by atoms with Crippen molar-refractivity contribution in [2.45, 2.75) is 9.92 Å². The zero-order valence-electron chi connectivity index (χ0n) is 8.58. The number of hydrogen-bond donors (Lipinski definition) is 1. The first-order valence-electron chi connectivity index (χ1n) is 4.92. The van der Waals surface area contributed by atoms with Crippen LogP contribution in [-0.4, -0.2) is 16.1 Å².